The molecule has 3 N–H and O–H groups in total. The molecule has 2 aromatic rings. The maximum absolute atomic E-state index is 9.41. The fourth-order valence-electron chi connectivity index (χ4n) is 2.56. The molecule has 0 saturated carbocycles. The van der Waals surface area contributed by atoms with Crippen LogP contribution in [0.3, 0.4) is 0 Å². The highest BCUT2D eigenvalue weighted by atomic mass is 35.5. The van der Waals surface area contributed by atoms with Crippen LogP contribution in [0.1, 0.15) is 11.1 Å². The summed E-state index contributed by atoms with van der Waals surface area (Å²) in [7, 11) is 0. The summed E-state index contributed by atoms with van der Waals surface area (Å²) in [5.74, 6) is 0. The molecule has 0 bridgehead atoms. The number of nitrogens with two attached hydrogens (primary N) is 1. The molecule has 0 aromatic heterocycles. The Morgan fingerprint density at radius 2 is 1.68 bits per heavy atom. The highest BCUT2D eigenvalue weighted by Crippen LogP contribution is 2.36. The van der Waals surface area contributed by atoms with Crippen LogP contribution >= 0.6 is 11.6 Å². The Morgan fingerprint density at radius 3 is 2.27 bits per heavy atom. The van der Waals surface area contributed by atoms with Gasteiger partial charge in [0.25, 0.3) is 0 Å². The third kappa shape index (κ3) is 2.75. The van der Waals surface area contributed by atoms with Crippen molar-refractivity contribution in [3.63, 3.8) is 0 Å². The Labute approximate surface area is 134 Å². The first-order valence-electron chi connectivity index (χ1n) is 6.98. The van der Waals surface area contributed by atoms with Gasteiger partial charge in [0.05, 0.1) is 6.61 Å². The minimum atomic E-state index is -0.843. The van der Waals surface area contributed by atoms with E-state index in [1.165, 1.54) is 0 Å². The summed E-state index contributed by atoms with van der Waals surface area (Å²) < 4.78 is 0. The number of benzene rings is 2. The van der Waals surface area contributed by atoms with Gasteiger partial charge in [-0.2, -0.15) is 0 Å². The van der Waals surface area contributed by atoms with Crippen molar-refractivity contribution >= 4 is 28.2 Å². The molecule has 112 valence electrons. The Bertz CT molecular complexity index is 725. The second kappa shape index (κ2) is 5.91. The first kappa shape index (κ1) is 14.8. The van der Waals surface area contributed by atoms with Gasteiger partial charge < -0.3 is 10.8 Å². The lowest BCUT2D eigenvalue weighted by molar-refractivity contribution is 0.357. The van der Waals surface area contributed by atoms with Crippen LogP contribution in [-0.2, 0) is 12.1 Å². The molecular weight excluding hydrogens is 298 g/mol. The van der Waals surface area contributed by atoms with Crippen LogP contribution in [0.15, 0.2) is 64.6 Å². The fourth-order valence-corrected chi connectivity index (χ4v) is 2.80. The quantitative estimate of drug-likeness (QED) is 0.852. The molecule has 1 aliphatic heterocycles. The number of nitrogen functional groups attached to an aromatic ring is 1. The molecule has 0 radical (unpaired) electrons. The molecule has 5 heteroatoms. The molecule has 1 heterocycles. The summed E-state index contributed by atoms with van der Waals surface area (Å²) in [5.41, 5.74) is 8.00. The van der Waals surface area contributed by atoms with Crippen molar-refractivity contribution in [1.29, 1.82) is 0 Å². The number of halogens is 1. The maximum Gasteiger partial charge on any atom is 0.181 e. The van der Waals surface area contributed by atoms with Crippen molar-refractivity contribution in [3.05, 3.63) is 65.7 Å². The Balaban J connectivity index is 2.08. The standard InChI is InChI=1S/C17H16ClN3O/c18-16-15(11-22)20-17(21-16,10-12-4-2-1-3-5-12)13-6-8-14(19)9-7-13/h1-9,22H,10-11,19H2. The number of hydrogen-bond donors (Lipinski definition) is 2. The minimum Gasteiger partial charge on any atom is -0.399 e. The van der Waals surface area contributed by atoms with Crippen molar-refractivity contribution in [2.45, 2.75) is 12.1 Å². The fraction of sp³-hybridized carbons (Fsp3) is 0.176. The summed E-state index contributed by atoms with van der Waals surface area (Å²) >= 11 is 6.14. The molecule has 1 atom stereocenters. The van der Waals surface area contributed by atoms with E-state index in [0.29, 0.717) is 17.8 Å². The highest BCUT2D eigenvalue weighted by molar-refractivity contribution is 6.84. The van der Waals surface area contributed by atoms with E-state index in [2.05, 4.69) is 9.98 Å². The summed E-state index contributed by atoms with van der Waals surface area (Å²) in [5, 5.41) is 9.67. The van der Waals surface area contributed by atoms with Crippen molar-refractivity contribution in [3.8, 4) is 0 Å². The average Bonchev–Trinajstić information content (AvgIpc) is 2.86. The first-order valence-corrected chi connectivity index (χ1v) is 7.36. The third-order valence-electron chi connectivity index (χ3n) is 3.66. The lowest BCUT2D eigenvalue weighted by atomic mass is 9.93. The summed E-state index contributed by atoms with van der Waals surface area (Å²) in [6.07, 6.45) is 0.567. The lowest BCUT2D eigenvalue weighted by Gasteiger charge is -2.24. The van der Waals surface area contributed by atoms with Gasteiger partial charge in [-0.3, -0.25) is 0 Å². The van der Waals surface area contributed by atoms with E-state index in [0.717, 1.165) is 11.1 Å². The van der Waals surface area contributed by atoms with Gasteiger partial charge in [-0.15, -0.1) is 0 Å². The van der Waals surface area contributed by atoms with E-state index in [9.17, 15) is 5.11 Å². The van der Waals surface area contributed by atoms with Crippen LogP contribution in [-0.4, -0.2) is 22.6 Å². The summed E-state index contributed by atoms with van der Waals surface area (Å²) in [4.78, 5) is 9.15. The normalized spacial score (nSPS) is 20.6. The number of aliphatic hydroxyl groups is 1. The monoisotopic (exact) mass is 313 g/mol. The lowest BCUT2D eigenvalue weighted by Crippen LogP contribution is -2.23. The molecule has 22 heavy (non-hydrogen) atoms. The molecule has 0 saturated heterocycles. The van der Waals surface area contributed by atoms with Gasteiger partial charge >= 0.3 is 0 Å². The highest BCUT2D eigenvalue weighted by Gasteiger charge is 2.37. The molecule has 4 nitrogen and oxygen atoms in total. The summed E-state index contributed by atoms with van der Waals surface area (Å²) in [6, 6.07) is 17.4. The van der Waals surface area contributed by atoms with Gasteiger partial charge in [0, 0.05) is 17.7 Å². The van der Waals surface area contributed by atoms with E-state index in [1.54, 1.807) is 0 Å². The van der Waals surface area contributed by atoms with Crippen LogP contribution in [0.4, 0.5) is 5.69 Å². The Morgan fingerprint density at radius 1 is 1.00 bits per heavy atom. The molecule has 3 rings (SSSR count). The summed E-state index contributed by atoms with van der Waals surface area (Å²) in [6.45, 7) is -0.228. The molecule has 0 aliphatic carbocycles. The molecule has 0 spiro atoms. The SMILES string of the molecule is Nc1ccc(C2(Cc3ccccc3)N=C(Cl)C(CO)=N2)cc1. The minimum absolute atomic E-state index is 0.228. The average molecular weight is 314 g/mol. The van der Waals surface area contributed by atoms with E-state index in [4.69, 9.17) is 17.3 Å². The molecular formula is C17H16ClN3O. The second-order valence-corrected chi connectivity index (χ2v) is 5.58. The zero-order valence-electron chi connectivity index (χ0n) is 11.9. The number of aliphatic hydroxyl groups excluding tert-OH is 1. The third-order valence-corrected chi connectivity index (χ3v) is 3.96. The van der Waals surface area contributed by atoms with E-state index >= 15 is 0 Å². The molecule has 0 amide bonds. The van der Waals surface area contributed by atoms with Crippen LogP contribution in [0.25, 0.3) is 0 Å². The van der Waals surface area contributed by atoms with Crippen LogP contribution in [0, 0.1) is 0 Å². The van der Waals surface area contributed by atoms with Gasteiger partial charge in [0.2, 0.25) is 0 Å². The van der Waals surface area contributed by atoms with E-state index in [-0.39, 0.29) is 11.8 Å². The Kier molecular flexibility index (Phi) is 3.96. The maximum atomic E-state index is 9.41. The van der Waals surface area contributed by atoms with E-state index < -0.39 is 5.66 Å². The first-order chi connectivity index (χ1) is 10.6. The molecule has 2 aromatic carbocycles. The van der Waals surface area contributed by atoms with Crippen molar-refractivity contribution in [1.82, 2.24) is 0 Å². The Hall–Kier alpha value is -2.17. The predicted octanol–water partition coefficient (Wildman–Crippen LogP) is 2.75. The van der Waals surface area contributed by atoms with Gasteiger partial charge in [-0.25, -0.2) is 9.98 Å². The topological polar surface area (TPSA) is 71.0 Å². The molecule has 1 aliphatic rings. The van der Waals surface area contributed by atoms with Gasteiger partial charge in [-0.1, -0.05) is 54.1 Å². The van der Waals surface area contributed by atoms with Crippen molar-refractivity contribution in [2.75, 3.05) is 12.3 Å². The molecule has 1 unspecified atom stereocenters. The van der Waals surface area contributed by atoms with Gasteiger partial charge in [-0.05, 0) is 17.7 Å². The van der Waals surface area contributed by atoms with Gasteiger partial charge in [0.1, 0.15) is 10.9 Å². The number of nitrogens with zero attached hydrogens (tertiary/aromatic N) is 2. The van der Waals surface area contributed by atoms with E-state index in [1.807, 2.05) is 54.6 Å². The number of aliphatic imine (C=N–C) groups is 2. The number of anilines is 1. The number of rotatable bonds is 4. The smallest absolute Gasteiger partial charge is 0.181 e. The zero-order valence-corrected chi connectivity index (χ0v) is 12.7. The molecule has 0 fully saturated rings. The zero-order chi connectivity index (χ0) is 15.6. The van der Waals surface area contributed by atoms with Gasteiger partial charge in [0.15, 0.2) is 5.66 Å². The van der Waals surface area contributed by atoms with Crippen molar-refractivity contribution < 1.29 is 5.11 Å². The van der Waals surface area contributed by atoms with Crippen LogP contribution < -0.4 is 5.73 Å². The predicted molar refractivity (Wildman–Crippen MR) is 90.5 cm³/mol. The second-order valence-electron chi connectivity index (χ2n) is 5.22. The van der Waals surface area contributed by atoms with Crippen LogP contribution in [0.5, 0.6) is 0 Å². The van der Waals surface area contributed by atoms with Crippen molar-refractivity contribution in [2.24, 2.45) is 9.98 Å². The largest absolute Gasteiger partial charge is 0.399 e. The van der Waals surface area contributed by atoms with Crippen LogP contribution in [0.2, 0.25) is 0 Å². The number of hydrogen-bond acceptors (Lipinski definition) is 4.